The van der Waals surface area contributed by atoms with Crippen molar-refractivity contribution in [1.29, 1.82) is 0 Å². The number of nitrogens with zero attached hydrogens (tertiary/aromatic N) is 6. The number of ether oxygens (including phenoxy) is 2. The van der Waals surface area contributed by atoms with Crippen molar-refractivity contribution in [2.75, 3.05) is 63.3 Å². The van der Waals surface area contributed by atoms with Gasteiger partial charge >= 0.3 is 12.2 Å². The molecule has 0 radical (unpaired) electrons. The molecule has 2 atom stereocenters. The van der Waals surface area contributed by atoms with Gasteiger partial charge in [-0.15, -0.1) is 0 Å². The molecule has 3 aliphatic heterocycles. The monoisotopic (exact) mass is 544 g/mol. The van der Waals surface area contributed by atoms with Crippen LogP contribution in [0.25, 0.3) is 4.85 Å². The lowest BCUT2D eigenvalue weighted by Crippen LogP contribution is -2.40. The van der Waals surface area contributed by atoms with Crippen molar-refractivity contribution in [2.45, 2.75) is 50.9 Å². The summed E-state index contributed by atoms with van der Waals surface area (Å²) < 4.78 is 53.6. The average Bonchev–Trinajstić information content (AvgIpc) is 3.34. The minimum atomic E-state index is -4.56. The molecule has 39 heavy (non-hydrogen) atoms. The van der Waals surface area contributed by atoms with Crippen LogP contribution >= 0.6 is 0 Å². The molecule has 1 aromatic carbocycles. The van der Waals surface area contributed by atoms with Gasteiger partial charge in [0.2, 0.25) is 6.54 Å². The highest BCUT2D eigenvalue weighted by atomic mass is 19.4. The van der Waals surface area contributed by atoms with Crippen molar-refractivity contribution >= 4 is 11.5 Å². The highest BCUT2D eigenvalue weighted by molar-refractivity contribution is 5.63. The Morgan fingerprint density at radius 3 is 2.64 bits per heavy atom. The molecule has 0 aliphatic carbocycles. The molecule has 0 N–H and O–H groups in total. The van der Waals surface area contributed by atoms with Gasteiger partial charge in [0.25, 0.3) is 0 Å². The maximum atomic E-state index is 14.1. The molecule has 8 nitrogen and oxygen atoms in total. The SMILES string of the molecule is [C-]#[N+]C[C@@H]1CCCN(c2nc(OC[C@@H]3CCCN3C)nc3c2CCN(c2cccc(OC)c2C(F)(F)F)C3)C1. The zero-order chi connectivity index (χ0) is 27.6. The Labute approximate surface area is 227 Å². The van der Waals surface area contributed by atoms with E-state index in [1.54, 1.807) is 11.0 Å². The lowest BCUT2D eigenvalue weighted by molar-refractivity contribution is -0.138. The van der Waals surface area contributed by atoms with Gasteiger partial charge in [-0.3, -0.25) is 0 Å². The number of hydrogen-bond acceptors (Lipinski definition) is 7. The fourth-order valence-corrected chi connectivity index (χ4v) is 6.05. The molecule has 0 spiro atoms. The van der Waals surface area contributed by atoms with Gasteiger partial charge in [0.15, 0.2) is 0 Å². The quantitative estimate of drug-likeness (QED) is 0.470. The highest BCUT2D eigenvalue weighted by Crippen LogP contribution is 2.44. The number of fused-ring (bicyclic) bond motifs is 1. The number of anilines is 2. The van der Waals surface area contributed by atoms with E-state index in [9.17, 15) is 13.2 Å². The van der Waals surface area contributed by atoms with Gasteiger partial charge in [-0.25, -0.2) is 6.57 Å². The highest BCUT2D eigenvalue weighted by Gasteiger charge is 2.39. The largest absolute Gasteiger partial charge is 0.496 e. The van der Waals surface area contributed by atoms with E-state index >= 15 is 0 Å². The normalized spacial score (nSPS) is 21.9. The van der Waals surface area contributed by atoms with E-state index in [-0.39, 0.29) is 36.0 Å². The standard InChI is InChI=1S/C28H35F3N6O2/c1-32-15-19-7-5-13-37(16-19)26-21-11-14-36(23-9-4-10-24(38-3)25(23)28(29,30)31)17-22(21)33-27(34-26)39-18-20-8-6-12-35(20)2/h4,9-10,19-20H,5-8,11-18H2,2-3H3/t19-,20-/m0/s1. The molecule has 11 heteroatoms. The number of benzene rings is 1. The zero-order valence-electron chi connectivity index (χ0n) is 22.5. The second kappa shape index (κ2) is 11.5. The van der Waals surface area contributed by atoms with Crippen molar-refractivity contribution in [2.24, 2.45) is 5.92 Å². The molecule has 2 saturated heterocycles. The number of methoxy groups -OCH3 is 1. The van der Waals surface area contributed by atoms with E-state index in [4.69, 9.17) is 26.0 Å². The topological polar surface area (TPSA) is 58.3 Å². The molecular formula is C28H35F3N6O2. The maximum Gasteiger partial charge on any atom is 0.421 e. The third-order valence-corrected chi connectivity index (χ3v) is 8.12. The number of rotatable bonds is 7. The Bertz CT molecular complexity index is 1220. The zero-order valence-corrected chi connectivity index (χ0v) is 22.5. The van der Waals surface area contributed by atoms with Gasteiger partial charge in [-0.05, 0) is 57.8 Å². The molecular weight excluding hydrogens is 509 g/mol. The van der Waals surface area contributed by atoms with Gasteiger partial charge in [-0.1, -0.05) is 6.07 Å². The van der Waals surface area contributed by atoms with Crippen LogP contribution in [0.5, 0.6) is 11.8 Å². The minimum absolute atomic E-state index is 0.0813. The predicted octanol–water partition coefficient (Wildman–Crippen LogP) is 4.68. The van der Waals surface area contributed by atoms with Crippen LogP contribution in [-0.4, -0.2) is 74.4 Å². The van der Waals surface area contributed by atoms with Crippen LogP contribution in [0.15, 0.2) is 18.2 Å². The molecule has 1 aromatic heterocycles. The van der Waals surface area contributed by atoms with Gasteiger partial charge < -0.3 is 29.0 Å². The average molecular weight is 545 g/mol. The predicted molar refractivity (Wildman–Crippen MR) is 142 cm³/mol. The smallest absolute Gasteiger partial charge is 0.421 e. The van der Waals surface area contributed by atoms with Gasteiger partial charge in [0.1, 0.15) is 23.7 Å². The van der Waals surface area contributed by atoms with E-state index in [0.29, 0.717) is 31.8 Å². The summed E-state index contributed by atoms with van der Waals surface area (Å²) in [6, 6.07) is 4.97. The van der Waals surface area contributed by atoms with Crippen molar-refractivity contribution in [3.63, 3.8) is 0 Å². The molecule has 2 aromatic rings. The number of piperidine rings is 1. The first-order valence-corrected chi connectivity index (χ1v) is 13.6. The van der Waals surface area contributed by atoms with Gasteiger partial charge in [0, 0.05) is 37.2 Å². The number of aromatic nitrogens is 2. The van der Waals surface area contributed by atoms with Crippen LogP contribution in [0.4, 0.5) is 24.7 Å². The summed E-state index contributed by atoms with van der Waals surface area (Å²) >= 11 is 0. The maximum absolute atomic E-state index is 14.1. The molecule has 3 aliphatic rings. The molecule has 0 bridgehead atoms. The van der Waals surface area contributed by atoms with Crippen LogP contribution in [0.1, 0.15) is 42.5 Å². The van der Waals surface area contributed by atoms with Crippen LogP contribution in [0, 0.1) is 12.5 Å². The molecule has 4 heterocycles. The third-order valence-electron chi connectivity index (χ3n) is 8.12. The number of likely N-dealkylation sites (N-methyl/N-ethyl adjacent to an activating group) is 1. The summed E-state index contributed by atoms with van der Waals surface area (Å²) in [6.45, 7) is 11.4. The van der Waals surface area contributed by atoms with Crippen molar-refractivity contribution < 1.29 is 22.6 Å². The summed E-state index contributed by atoms with van der Waals surface area (Å²) in [7, 11) is 3.33. The fourth-order valence-electron chi connectivity index (χ4n) is 6.05. The summed E-state index contributed by atoms with van der Waals surface area (Å²) in [6.07, 6.45) is 0.0814. The second-order valence-corrected chi connectivity index (χ2v) is 10.7. The Hall–Kier alpha value is -3.26. The molecule has 5 rings (SSSR count). The summed E-state index contributed by atoms with van der Waals surface area (Å²) in [4.78, 5) is 19.4. The third kappa shape index (κ3) is 5.86. The molecule has 2 fully saturated rings. The van der Waals surface area contributed by atoms with Crippen LogP contribution in [-0.2, 0) is 19.1 Å². The van der Waals surface area contributed by atoms with Crippen LogP contribution < -0.4 is 19.3 Å². The molecule has 0 saturated carbocycles. The Morgan fingerprint density at radius 2 is 1.92 bits per heavy atom. The Balaban J connectivity index is 1.48. The number of hydrogen-bond donors (Lipinski definition) is 0. The number of alkyl halides is 3. The first-order valence-electron chi connectivity index (χ1n) is 13.6. The Morgan fingerprint density at radius 1 is 1.10 bits per heavy atom. The molecule has 0 unspecified atom stereocenters. The molecule has 210 valence electrons. The van der Waals surface area contributed by atoms with E-state index in [1.807, 2.05) is 0 Å². The van der Waals surface area contributed by atoms with Gasteiger partial charge in [-0.2, -0.15) is 23.1 Å². The summed E-state index contributed by atoms with van der Waals surface area (Å²) in [5.41, 5.74) is 0.947. The van der Waals surface area contributed by atoms with E-state index in [0.717, 1.165) is 56.7 Å². The number of halogens is 3. The first kappa shape index (κ1) is 27.3. The van der Waals surface area contributed by atoms with Crippen molar-refractivity contribution in [3.8, 4) is 11.8 Å². The second-order valence-electron chi connectivity index (χ2n) is 10.7. The first-order chi connectivity index (χ1) is 18.8. The van der Waals surface area contributed by atoms with E-state index < -0.39 is 11.7 Å². The van der Waals surface area contributed by atoms with Crippen LogP contribution in [0.3, 0.4) is 0 Å². The minimum Gasteiger partial charge on any atom is -0.496 e. The van der Waals surface area contributed by atoms with Crippen molar-refractivity contribution in [1.82, 2.24) is 14.9 Å². The van der Waals surface area contributed by atoms with E-state index in [1.165, 1.54) is 19.2 Å². The molecule has 0 amide bonds. The lowest BCUT2D eigenvalue weighted by atomic mass is 9.96. The number of likely N-dealkylation sites (tertiary alicyclic amines) is 1. The summed E-state index contributed by atoms with van der Waals surface area (Å²) in [5, 5.41) is 0. The van der Waals surface area contributed by atoms with Crippen molar-refractivity contribution in [3.05, 3.63) is 46.4 Å². The Kier molecular flexibility index (Phi) is 8.03. The summed E-state index contributed by atoms with van der Waals surface area (Å²) in [5.74, 6) is 0.869. The fraction of sp³-hybridized carbons (Fsp3) is 0.607. The van der Waals surface area contributed by atoms with E-state index in [2.05, 4.69) is 21.7 Å². The van der Waals surface area contributed by atoms with Crippen LogP contribution in [0.2, 0.25) is 0 Å². The lowest BCUT2D eigenvalue weighted by Gasteiger charge is -2.37. The van der Waals surface area contributed by atoms with Gasteiger partial charge in [0.05, 0.1) is 25.0 Å².